The van der Waals surface area contributed by atoms with Crippen molar-refractivity contribution in [1.29, 1.82) is 0 Å². The Morgan fingerprint density at radius 3 is 2.30 bits per heavy atom. The summed E-state index contributed by atoms with van der Waals surface area (Å²) in [6, 6.07) is 17.1. The molecule has 0 saturated heterocycles. The molecule has 0 radical (unpaired) electrons. The molecule has 3 aromatic rings. The monoisotopic (exact) mass is 461 g/mol. The molecule has 0 amide bonds. The third kappa shape index (κ3) is 5.91. The first-order chi connectivity index (χ1) is 14.5. The van der Waals surface area contributed by atoms with Gasteiger partial charge in [0.05, 0.1) is 17.3 Å². The lowest BCUT2D eigenvalue weighted by molar-refractivity contribution is 0.269. The Balaban J connectivity index is 1.81. The molecule has 156 valence electrons. The van der Waals surface area contributed by atoms with Crippen LogP contribution in [0.1, 0.15) is 30.5 Å². The topological polar surface area (TPSA) is 30.8 Å². The predicted octanol–water partition coefficient (Wildman–Crippen LogP) is 7.94. The lowest BCUT2D eigenvalue weighted by Crippen LogP contribution is -2.02. The van der Waals surface area contributed by atoms with Crippen LogP contribution >= 0.6 is 34.8 Å². The SMILES string of the molecule is CCOc1cc(C=Nc2ccc(CC)cc2)cc(Cl)c1OCc1ccc(Cl)cc1Cl. The quantitative estimate of drug-likeness (QED) is 0.318. The van der Waals surface area contributed by atoms with Gasteiger partial charge in [0.15, 0.2) is 11.5 Å². The van der Waals surface area contributed by atoms with Gasteiger partial charge < -0.3 is 9.47 Å². The fourth-order valence-corrected chi connectivity index (χ4v) is 3.56. The van der Waals surface area contributed by atoms with Gasteiger partial charge >= 0.3 is 0 Å². The Kier molecular flexibility index (Phi) is 8.03. The number of nitrogens with zero attached hydrogens (tertiary/aromatic N) is 1. The van der Waals surface area contributed by atoms with Crippen molar-refractivity contribution in [2.45, 2.75) is 26.9 Å². The van der Waals surface area contributed by atoms with Crippen LogP contribution in [-0.2, 0) is 13.0 Å². The number of aliphatic imine (C=N–C) groups is 1. The van der Waals surface area contributed by atoms with Gasteiger partial charge in [0.2, 0.25) is 0 Å². The van der Waals surface area contributed by atoms with Crippen LogP contribution in [0.5, 0.6) is 11.5 Å². The van der Waals surface area contributed by atoms with E-state index in [9.17, 15) is 0 Å². The van der Waals surface area contributed by atoms with Crippen molar-refractivity contribution in [2.24, 2.45) is 4.99 Å². The van der Waals surface area contributed by atoms with E-state index < -0.39 is 0 Å². The molecule has 6 heteroatoms. The second-order valence-electron chi connectivity index (χ2n) is 6.57. The zero-order valence-corrected chi connectivity index (χ0v) is 19.1. The molecule has 0 unspecified atom stereocenters. The fraction of sp³-hybridized carbons (Fsp3) is 0.208. The van der Waals surface area contributed by atoms with Gasteiger partial charge in [-0.1, -0.05) is 59.9 Å². The van der Waals surface area contributed by atoms with Crippen LogP contribution in [0.15, 0.2) is 59.6 Å². The Morgan fingerprint density at radius 2 is 1.63 bits per heavy atom. The molecule has 0 aliphatic rings. The first-order valence-electron chi connectivity index (χ1n) is 9.66. The second-order valence-corrected chi connectivity index (χ2v) is 7.82. The number of hydrogen-bond acceptors (Lipinski definition) is 3. The van der Waals surface area contributed by atoms with E-state index >= 15 is 0 Å². The first-order valence-corrected chi connectivity index (χ1v) is 10.8. The summed E-state index contributed by atoms with van der Waals surface area (Å²) in [5.74, 6) is 1.02. The lowest BCUT2D eigenvalue weighted by atomic mass is 10.1. The summed E-state index contributed by atoms with van der Waals surface area (Å²) in [6.45, 7) is 4.75. The second kappa shape index (κ2) is 10.7. The van der Waals surface area contributed by atoms with Crippen molar-refractivity contribution in [3.63, 3.8) is 0 Å². The van der Waals surface area contributed by atoms with Gasteiger partial charge in [0.25, 0.3) is 0 Å². The number of aryl methyl sites for hydroxylation is 1. The molecular formula is C24H22Cl3NO2. The van der Waals surface area contributed by atoms with Crippen molar-refractivity contribution in [2.75, 3.05) is 6.61 Å². The van der Waals surface area contributed by atoms with Crippen LogP contribution in [0.2, 0.25) is 15.1 Å². The summed E-state index contributed by atoms with van der Waals surface area (Å²) in [5.41, 5.74) is 3.78. The van der Waals surface area contributed by atoms with Crippen LogP contribution < -0.4 is 9.47 Å². The average molecular weight is 463 g/mol. The standard InChI is InChI=1S/C24H22Cl3NO2/c1-3-16-5-9-20(10-6-16)28-14-17-11-22(27)24(23(12-17)29-4-2)30-15-18-7-8-19(25)13-21(18)26/h5-14H,3-4,15H2,1-2H3. The number of benzene rings is 3. The Morgan fingerprint density at radius 1 is 0.867 bits per heavy atom. The molecule has 0 spiro atoms. The van der Waals surface area contributed by atoms with E-state index in [1.807, 2.05) is 31.2 Å². The lowest BCUT2D eigenvalue weighted by Gasteiger charge is -2.15. The number of halogens is 3. The van der Waals surface area contributed by atoms with Crippen molar-refractivity contribution < 1.29 is 9.47 Å². The Hall–Kier alpha value is -2.20. The molecule has 0 fully saturated rings. The summed E-state index contributed by atoms with van der Waals surface area (Å²) < 4.78 is 11.7. The Bertz CT molecular complexity index is 1030. The van der Waals surface area contributed by atoms with E-state index in [-0.39, 0.29) is 6.61 Å². The van der Waals surface area contributed by atoms with Gasteiger partial charge in [0.1, 0.15) is 6.61 Å². The summed E-state index contributed by atoms with van der Waals surface area (Å²) in [5, 5.41) is 1.55. The maximum absolute atomic E-state index is 6.50. The smallest absolute Gasteiger partial charge is 0.180 e. The minimum absolute atomic E-state index is 0.243. The molecular weight excluding hydrogens is 441 g/mol. The highest BCUT2D eigenvalue weighted by atomic mass is 35.5. The maximum atomic E-state index is 6.50. The van der Waals surface area contributed by atoms with E-state index in [1.165, 1.54) is 5.56 Å². The molecule has 30 heavy (non-hydrogen) atoms. The van der Waals surface area contributed by atoms with Crippen LogP contribution in [0.25, 0.3) is 0 Å². The van der Waals surface area contributed by atoms with Gasteiger partial charge in [-0.3, -0.25) is 4.99 Å². The van der Waals surface area contributed by atoms with Crippen LogP contribution in [-0.4, -0.2) is 12.8 Å². The van der Waals surface area contributed by atoms with Crippen LogP contribution in [0.3, 0.4) is 0 Å². The highest BCUT2D eigenvalue weighted by molar-refractivity contribution is 6.35. The van der Waals surface area contributed by atoms with Crippen LogP contribution in [0, 0.1) is 0 Å². The van der Waals surface area contributed by atoms with E-state index in [1.54, 1.807) is 24.4 Å². The van der Waals surface area contributed by atoms with E-state index in [2.05, 4.69) is 24.0 Å². The Labute approximate surface area is 192 Å². The van der Waals surface area contributed by atoms with Gasteiger partial charge in [0, 0.05) is 21.8 Å². The number of ether oxygens (including phenoxy) is 2. The minimum atomic E-state index is 0.243. The number of rotatable bonds is 8. The fourth-order valence-electron chi connectivity index (χ4n) is 2.82. The molecule has 0 saturated carbocycles. The summed E-state index contributed by atoms with van der Waals surface area (Å²) in [4.78, 5) is 4.53. The minimum Gasteiger partial charge on any atom is -0.490 e. The molecule has 0 aliphatic heterocycles. The molecule has 3 aromatic carbocycles. The molecule has 0 aromatic heterocycles. The van der Waals surface area contributed by atoms with Crippen molar-refractivity contribution in [1.82, 2.24) is 0 Å². The van der Waals surface area contributed by atoms with E-state index in [4.69, 9.17) is 44.3 Å². The van der Waals surface area contributed by atoms with Crippen LogP contribution in [0.4, 0.5) is 5.69 Å². The molecule has 0 bridgehead atoms. The predicted molar refractivity (Wildman–Crippen MR) is 126 cm³/mol. The van der Waals surface area contributed by atoms with Crippen molar-refractivity contribution >= 4 is 46.7 Å². The van der Waals surface area contributed by atoms with Crippen molar-refractivity contribution in [3.8, 4) is 11.5 Å². The summed E-state index contributed by atoms with van der Waals surface area (Å²) >= 11 is 18.7. The number of hydrogen-bond donors (Lipinski definition) is 0. The maximum Gasteiger partial charge on any atom is 0.180 e. The largest absolute Gasteiger partial charge is 0.490 e. The molecule has 0 atom stereocenters. The third-order valence-electron chi connectivity index (χ3n) is 4.43. The first kappa shape index (κ1) is 22.5. The highest BCUT2D eigenvalue weighted by Gasteiger charge is 2.13. The third-order valence-corrected chi connectivity index (χ3v) is 5.29. The summed E-state index contributed by atoms with van der Waals surface area (Å²) in [6.07, 6.45) is 2.76. The van der Waals surface area contributed by atoms with E-state index in [0.717, 1.165) is 23.2 Å². The van der Waals surface area contributed by atoms with Crippen molar-refractivity contribution in [3.05, 3.63) is 86.4 Å². The molecule has 0 aliphatic carbocycles. The zero-order chi connectivity index (χ0) is 21.5. The molecule has 0 N–H and O–H groups in total. The summed E-state index contributed by atoms with van der Waals surface area (Å²) in [7, 11) is 0. The van der Waals surface area contributed by atoms with Gasteiger partial charge in [-0.05, 0) is 60.9 Å². The molecule has 0 heterocycles. The van der Waals surface area contributed by atoms with Gasteiger partial charge in [-0.25, -0.2) is 0 Å². The molecule has 3 rings (SSSR count). The van der Waals surface area contributed by atoms with E-state index in [0.29, 0.717) is 33.2 Å². The molecule has 3 nitrogen and oxygen atoms in total. The highest BCUT2D eigenvalue weighted by Crippen LogP contribution is 2.37. The van der Waals surface area contributed by atoms with Gasteiger partial charge in [-0.15, -0.1) is 0 Å². The normalized spacial score (nSPS) is 11.1. The average Bonchev–Trinajstić information content (AvgIpc) is 2.73. The zero-order valence-electron chi connectivity index (χ0n) is 16.8. The van der Waals surface area contributed by atoms with Gasteiger partial charge in [-0.2, -0.15) is 0 Å².